The minimum Gasteiger partial charge on any atom is -0.351 e. The molecule has 4 N–H and O–H groups in total. The molecule has 0 bridgehead atoms. The minimum atomic E-state index is -4.96. The van der Waals surface area contributed by atoms with E-state index in [4.69, 9.17) is 5.73 Å². The number of halogens is 6. The number of nitrogens with one attached hydrogen (secondary N) is 2. The number of benzene rings is 1. The largest absolute Gasteiger partial charge is 0.416 e. The first-order valence-electron chi connectivity index (χ1n) is 10.8. The van der Waals surface area contributed by atoms with Crippen LogP contribution in [0.2, 0.25) is 0 Å². The van der Waals surface area contributed by atoms with Gasteiger partial charge in [0.25, 0.3) is 0 Å². The van der Waals surface area contributed by atoms with Gasteiger partial charge in [0.05, 0.1) is 17.5 Å². The Morgan fingerprint density at radius 2 is 1.59 bits per heavy atom. The number of hydrogen-bond donors (Lipinski definition) is 3. The Kier molecular flexibility index (Phi) is 6.32. The van der Waals surface area contributed by atoms with Crippen molar-refractivity contribution in [2.45, 2.75) is 63.6 Å². The summed E-state index contributed by atoms with van der Waals surface area (Å²) in [5, 5.41) is 5.82. The van der Waals surface area contributed by atoms with Crippen molar-refractivity contribution in [3.63, 3.8) is 0 Å². The number of aromatic nitrogens is 4. The van der Waals surface area contributed by atoms with Crippen LogP contribution in [0.1, 0.15) is 43.7 Å². The maximum Gasteiger partial charge on any atom is 0.416 e. The lowest BCUT2D eigenvalue weighted by atomic mass is 9.92. The van der Waals surface area contributed by atoms with E-state index >= 15 is 0 Å². The molecule has 0 aliphatic heterocycles. The van der Waals surface area contributed by atoms with Gasteiger partial charge in [0.2, 0.25) is 5.95 Å². The Hall–Kier alpha value is -3.09. The van der Waals surface area contributed by atoms with E-state index in [1.54, 1.807) is 4.57 Å². The Labute approximate surface area is 190 Å². The molecule has 0 amide bonds. The van der Waals surface area contributed by atoms with Crippen molar-refractivity contribution in [2.75, 3.05) is 10.6 Å². The number of nitrogens with zero attached hydrogens (tertiary/aromatic N) is 4. The number of imidazole rings is 1. The average Bonchev–Trinajstić information content (AvgIpc) is 3.17. The number of hydrogen-bond acceptors (Lipinski definition) is 6. The third kappa shape index (κ3) is 5.18. The third-order valence-electron chi connectivity index (χ3n) is 5.76. The standard InChI is InChI=1S/C21H23F6N7/c1-2-34-10-29-16-17(32-19(33-18(16)34)31-14-5-3-13(28)4-6-14)30-15-8-11(20(22,23)24)7-12(9-15)21(25,26)27/h7-10,13-14H,2-6,28H2,1H3,(H2,30,31,32,33). The van der Waals surface area contributed by atoms with E-state index in [2.05, 4.69) is 25.6 Å². The number of nitrogens with two attached hydrogens (primary N) is 1. The molecule has 1 aliphatic rings. The summed E-state index contributed by atoms with van der Waals surface area (Å²) in [4.78, 5) is 13.0. The average molecular weight is 487 g/mol. The number of anilines is 3. The second-order valence-corrected chi connectivity index (χ2v) is 8.27. The quantitative estimate of drug-likeness (QED) is 0.423. The molecule has 0 atom stereocenters. The van der Waals surface area contributed by atoms with Crippen molar-refractivity contribution in [1.82, 2.24) is 19.5 Å². The normalized spacial score (nSPS) is 19.4. The molecule has 7 nitrogen and oxygen atoms in total. The zero-order valence-electron chi connectivity index (χ0n) is 18.1. The van der Waals surface area contributed by atoms with Crippen LogP contribution in [0.4, 0.5) is 43.8 Å². The molecule has 1 fully saturated rings. The molecule has 3 aromatic rings. The van der Waals surface area contributed by atoms with Gasteiger partial charge in [0.15, 0.2) is 17.0 Å². The summed E-state index contributed by atoms with van der Waals surface area (Å²) in [5.74, 6) is 0.202. The lowest BCUT2D eigenvalue weighted by molar-refractivity contribution is -0.143. The maximum atomic E-state index is 13.3. The van der Waals surface area contributed by atoms with Crippen molar-refractivity contribution in [3.05, 3.63) is 35.7 Å². The lowest BCUT2D eigenvalue weighted by Crippen LogP contribution is -2.33. The van der Waals surface area contributed by atoms with Crippen LogP contribution in [-0.4, -0.2) is 31.6 Å². The van der Waals surface area contributed by atoms with Crippen molar-refractivity contribution < 1.29 is 26.3 Å². The fourth-order valence-electron chi connectivity index (χ4n) is 3.94. The topological polar surface area (TPSA) is 93.7 Å². The second kappa shape index (κ2) is 8.93. The highest BCUT2D eigenvalue weighted by Crippen LogP contribution is 2.38. The first kappa shape index (κ1) is 24.0. The van der Waals surface area contributed by atoms with Crippen molar-refractivity contribution in [2.24, 2.45) is 5.73 Å². The van der Waals surface area contributed by atoms with Crippen LogP contribution in [0.25, 0.3) is 11.2 Å². The molecule has 2 heterocycles. The molecule has 0 spiro atoms. The smallest absolute Gasteiger partial charge is 0.351 e. The molecular weight excluding hydrogens is 464 g/mol. The third-order valence-corrected chi connectivity index (χ3v) is 5.76. The zero-order valence-corrected chi connectivity index (χ0v) is 18.1. The minimum absolute atomic E-state index is 0.000315. The molecule has 34 heavy (non-hydrogen) atoms. The van der Waals surface area contributed by atoms with E-state index in [0.29, 0.717) is 24.3 Å². The van der Waals surface area contributed by atoms with Gasteiger partial charge in [-0.05, 0) is 50.8 Å². The molecule has 1 aliphatic carbocycles. The predicted octanol–water partition coefficient (Wildman–Crippen LogP) is 5.31. The van der Waals surface area contributed by atoms with Crippen LogP contribution in [0.3, 0.4) is 0 Å². The molecule has 0 radical (unpaired) electrons. The molecule has 184 valence electrons. The van der Waals surface area contributed by atoms with Crippen LogP contribution in [0, 0.1) is 0 Å². The Bertz CT molecular complexity index is 1130. The van der Waals surface area contributed by atoms with Gasteiger partial charge in [-0.25, -0.2) is 4.98 Å². The van der Waals surface area contributed by atoms with Gasteiger partial charge in [0.1, 0.15) is 0 Å². The molecule has 4 rings (SSSR count). The number of alkyl halides is 6. The van der Waals surface area contributed by atoms with Gasteiger partial charge in [-0.1, -0.05) is 0 Å². The van der Waals surface area contributed by atoms with Crippen LogP contribution in [0.15, 0.2) is 24.5 Å². The van der Waals surface area contributed by atoms with E-state index in [9.17, 15) is 26.3 Å². The molecule has 13 heteroatoms. The molecule has 1 saturated carbocycles. The molecular formula is C21H23F6N7. The fraction of sp³-hybridized carbons (Fsp3) is 0.476. The van der Waals surface area contributed by atoms with E-state index in [1.165, 1.54) is 6.33 Å². The second-order valence-electron chi connectivity index (χ2n) is 8.27. The summed E-state index contributed by atoms with van der Waals surface area (Å²) in [5.41, 5.74) is 3.31. The molecule has 1 aromatic carbocycles. The molecule has 0 saturated heterocycles. The summed E-state index contributed by atoms with van der Waals surface area (Å²) in [6.07, 6.45) is -5.21. The fourth-order valence-corrected chi connectivity index (χ4v) is 3.94. The van der Waals surface area contributed by atoms with Crippen LogP contribution < -0.4 is 16.4 Å². The Morgan fingerprint density at radius 1 is 0.971 bits per heavy atom. The summed E-state index contributed by atoms with van der Waals surface area (Å²) in [7, 11) is 0. The van der Waals surface area contributed by atoms with E-state index in [0.717, 1.165) is 25.7 Å². The summed E-state index contributed by atoms with van der Waals surface area (Å²) < 4.78 is 81.3. The highest BCUT2D eigenvalue weighted by atomic mass is 19.4. The van der Waals surface area contributed by atoms with Crippen molar-refractivity contribution in [1.29, 1.82) is 0 Å². The van der Waals surface area contributed by atoms with Gasteiger partial charge in [-0.15, -0.1) is 0 Å². The summed E-state index contributed by atoms with van der Waals surface area (Å²) >= 11 is 0. The molecule has 0 unspecified atom stereocenters. The van der Waals surface area contributed by atoms with Gasteiger partial charge in [-0.2, -0.15) is 36.3 Å². The number of aryl methyl sites for hydroxylation is 1. The highest BCUT2D eigenvalue weighted by molar-refractivity contribution is 5.86. The van der Waals surface area contributed by atoms with Crippen molar-refractivity contribution >= 4 is 28.6 Å². The Balaban J connectivity index is 1.74. The van der Waals surface area contributed by atoms with E-state index < -0.39 is 29.2 Å². The SMILES string of the molecule is CCn1cnc2c(Nc3cc(C(F)(F)F)cc(C(F)(F)F)c3)nc(NC3CCC(N)CC3)nc21. The van der Waals surface area contributed by atoms with E-state index in [1.807, 2.05) is 6.92 Å². The van der Waals surface area contributed by atoms with Gasteiger partial charge in [-0.3, -0.25) is 0 Å². The van der Waals surface area contributed by atoms with Crippen molar-refractivity contribution in [3.8, 4) is 0 Å². The van der Waals surface area contributed by atoms with Crippen LogP contribution >= 0.6 is 0 Å². The lowest BCUT2D eigenvalue weighted by Gasteiger charge is -2.26. The summed E-state index contributed by atoms with van der Waals surface area (Å²) in [6.45, 7) is 2.36. The zero-order chi connectivity index (χ0) is 24.7. The Morgan fingerprint density at radius 3 is 2.15 bits per heavy atom. The van der Waals surface area contributed by atoms with Gasteiger partial charge in [0, 0.05) is 24.3 Å². The predicted molar refractivity (Wildman–Crippen MR) is 115 cm³/mol. The van der Waals surface area contributed by atoms with Gasteiger partial charge >= 0.3 is 12.4 Å². The number of rotatable bonds is 5. The van der Waals surface area contributed by atoms with Crippen LogP contribution in [-0.2, 0) is 18.9 Å². The maximum absolute atomic E-state index is 13.3. The molecule has 2 aromatic heterocycles. The first-order valence-corrected chi connectivity index (χ1v) is 10.8. The highest BCUT2D eigenvalue weighted by Gasteiger charge is 2.37. The monoisotopic (exact) mass is 487 g/mol. The van der Waals surface area contributed by atoms with E-state index in [-0.39, 0.29) is 35.4 Å². The number of fused-ring (bicyclic) bond motifs is 1. The first-order chi connectivity index (χ1) is 15.9. The van der Waals surface area contributed by atoms with Crippen LogP contribution in [0.5, 0.6) is 0 Å². The van der Waals surface area contributed by atoms with Gasteiger partial charge < -0.3 is 20.9 Å². The summed E-state index contributed by atoms with van der Waals surface area (Å²) in [6, 6.07) is 1.47.